The molecule has 0 radical (unpaired) electrons. The van der Waals surface area contributed by atoms with E-state index in [4.69, 9.17) is 10.5 Å². The van der Waals surface area contributed by atoms with E-state index in [-0.39, 0.29) is 18.6 Å². The summed E-state index contributed by atoms with van der Waals surface area (Å²) in [7, 11) is 0. The van der Waals surface area contributed by atoms with E-state index in [0.29, 0.717) is 22.9 Å². The molecular weight excluding hydrogens is 414 g/mol. The van der Waals surface area contributed by atoms with Gasteiger partial charge >= 0.3 is 6.09 Å². The number of hydrogen-bond donors (Lipinski definition) is 3. The van der Waals surface area contributed by atoms with Crippen LogP contribution >= 0.6 is 0 Å². The number of amides is 2. The minimum absolute atomic E-state index is 0.119. The number of carbonyl (C=O) groups excluding carboxylic acids is 2. The molecule has 1 unspecified atom stereocenters. The van der Waals surface area contributed by atoms with Gasteiger partial charge < -0.3 is 21.1 Å². The second-order valence-electron chi connectivity index (χ2n) is 8.78. The number of ether oxygens (including phenoxy) is 1. The van der Waals surface area contributed by atoms with Crippen LogP contribution in [-0.4, -0.2) is 12.0 Å². The van der Waals surface area contributed by atoms with Crippen molar-refractivity contribution in [1.29, 1.82) is 0 Å². The monoisotopic (exact) mass is 441 g/mol. The Morgan fingerprint density at radius 3 is 2.52 bits per heavy atom. The molecule has 3 aromatic rings. The third kappa shape index (κ3) is 4.85. The maximum absolute atomic E-state index is 12.7. The van der Waals surface area contributed by atoms with Crippen LogP contribution in [0.2, 0.25) is 0 Å². The highest BCUT2D eigenvalue weighted by atomic mass is 16.5. The third-order valence-corrected chi connectivity index (χ3v) is 6.38. The van der Waals surface area contributed by atoms with Crippen molar-refractivity contribution in [3.05, 3.63) is 94.5 Å². The van der Waals surface area contributed by atoms with E-state index in [9.17, 15) is 9.59 Å². The Labute approximate surface area is 193 Å². The van der Waals surface area contributed by atoms with Gasteiger partial charge in [0.1, 0.15) is 6.61 Å². The number of alkyl carbamates (subject to hydrolysis) is 1. The fraction of sp³-hybridized carbons (Fsp3) is 0.259. The van der Waals surface area contributed by atoms with Crippen LogP contribution in [-0.2, 0) is 17.8 Å². The number of nitrogen functional groups attached to an aromatic ring is 1. The first-order valence-corrected chi connectivity index (χ1v) is 11.4. The maximum Gasteiger partial charge on any atom is 0.407 e. The molecule has 5 rings (SSSR count). The third-order valence-electron chi connectivity index (χ3n) is 6.38. The first kappa shape index (κ1) is 21.1. The number of nitrogens with two attached hydrogens (primary N) is 1. The predicted molar refractivity (Wildman–Crippen MR) is 128 cm³/mol. The predicted octanol–water partition coefficient (Wildman–Crippen LogP) is 5.31. The number of para-hydroxylation sites is 2. The molecule has 2 aliphatic carbocycles. The molecule has 0 saturated heterocycles. The number of anilines is 2. The molecular formula is C27H27N3O3. The lowest BCUT2D eigenvalue weighted by Crippen LogP contribution is -2.27. The summed E-state index contributed by atoms with van der Waals surface area (Å²) in [6.45, 7) is 0.248. The number of hydrogen-bond acceptors (Lipinski definition) is 4. The van der Waals surface area contributed by atoms with Crippen molar-refractivity contribution in [3.63, 3.8) is 0 Å². The Morgan fingerprint density at radius 2 is 1.76 bits per heavy atom. The average Bonchev–Trinajstić information content (AvgIpc) is 3.61. The molecule has 0 spiro atoms. The van der Waals surface area contributed by atoms with Gasteiger partial charge in [-0.1, -0.05) is 42.5 Å². The first-order chi connectivity index (χ1) is 16.1. The van der Waals surface area contributed by atoms with Gasteiger partial charge in [0.2, 0.25) is 0 Å². The second-order valence-corrected chi connectivity index (χ2v) is 8.78. The number of aryl methyl sites for hydroxylation is 1. The number of fused-ring (bicyclic) bond motifs is 1. The molecule has 2 amide bonds. The molecule has 3 aromatic carbocycles. The number of rotatable bonds is 6. The van der Waals surface area contributed by atoms with E-state index in [1.54, 1.807) is 18.2 Å². The molecule has 0 bridgehead atoms. The molecule has 6 nitrogen and oxygen atoms in total. The second kappa shape index (κ2) is 8.98. The summed E-state index contributed by atoms with van der Waals surface area (Å²) in [4.78, 5) is 25.0. The van der Waals surface area contributed by atoms with Gasteiger partial charge in [-0.25, -0.2) is 4.79 Å². The van der Waals surface area contributed by atoms with Crippen molar-refractivity contribution in [2.24, 2.45) is 0 Å². The summed E-state index contributed by atoms with van der Waals surface area (Å²) in [5.74, 6) is 0.507. The van der Waals surface area contributed by atoms with Gasteiger partial charge in [-0.2, -0.15) is 0 Å². The zero-order chi connectivity index (χ0) is 22.8. The molecule has 0 aromatic heterocycles. The highest BCUT2D eigenvalue weighted by Gasteiger charge is 2.26. The minimum Gasteiger partial charge on any atom is -0.445 e. The Hall–Kier alpha value is -3.80. The first-order valence-electron chi connectivity index (χ1n) is 11.4. The topological polar surface area (TPSA) is 93.5 Å². The molecule has 1 saturated carbocycles. The van der Waals surface area contributed by atoms with Gasteiger partial charge in [0.25, 0.3) is 5.91 Å². The Balaban J connectivity index is 1.17. The van der Waals surface area contributed by atoms with Gasteiger partial charge in [0.05, 0.1) is 17.4 Å². The fourth-order valence-electron chi connectivity index (χ4n) is 4.35. The van der Waals surface area contributed by atoms with Crippen LogP contribution in [0.3, 0.4) is 0 Å². The molecule has 168 valence electrons. The summed E-state index contributed by atoms with van der Waals surface area (Å²) in [5, 5.41) is 5.82. The van der Waals surface area contributed by atoms with E-state index >= 15 is 0 Å². The lowest BCUT2D eigenvalue weighted by molar-refractivity contribution is 0.102. The van der Waals surface area contributed by atoms with Crippen LogP contribution in [0.25, 0.3) is 0 Å². The summed E-state index contributed by atoms with van der Waals surface area (Å²) in [5.41, 5.74) is 12.0. The lowest BCUT2D eigenvalue weighted by Gasteiger charge is -2.15. The highest BCUT2D eigenvalue weighted by Crippen LogP contribution is 2.40. The van der Waals surface area contributed by atoms with Gasteiger partial charge in [-0.15, -0.1) is 0 Å². The van der Waals surface area contributed by atoms with Crippen molar-refractivity contribution in [2.75, 3.05) is 11.1 Å². The number of benzene rings is 3. The molecule has 2 aliphatic rings. The number of nitrogens with one attached hydrogen (secondary N) is 2. The van der Waals surface area contributed by atoms with Crippen molar-refractivity contribution < 1.29 is 14.3 Å². The van der Waals surface area contributed by atoms with E-state index in [0.717, 1.165) is 29.5 Å². The molecule has 33 heavy (non-hydrogen) atoms. The smallest absolute Gasteiger partial charge is 0.407 e. The van der Waals surface area contributed by atoms with Crippen LogP contribution in [0, 0.1) is 0 Å². The van der Waals surface area contributed by atoms with Crippen molar-refractivity contribution in [1.82, 2.24) is 5.32 Å². The van der Waals surface area contributed by atoms with Crippen LogP contribution in [0.4, 0.5) is 16.2 Å². The highest BCUT2D eigenvalue weighted by molar-refractivity contribution is 6.05. The summed E-state index contributed by atoms with van der Waals surface area (Å²) >= 11 is 0. The molecule has 0 aliphatic heterocycles. The van der Waals surface area contributed by atoms with Crippen LogP contribution in [0.1, 0.15) is 63.8 Å². The standard InChI is InChI=1S/C27H27N3O3/c28-23-3-1-2-4-25(23)29-26(31)21-11-13-22-20(15-21)12-14-24(22)30-27(32)33-16-17-5-7-18(8-6-17)19-9-10-19/h1-8,11,13,15,19,24H,9-10,12,14,16,28H2,(H,29,31)(H,30,32). The Morgan fingerprint density at radius 1 is 0.970 bits per heavy atom. The minimum atomic E-state index is -0.430. The summed E-state index contributed by atoms with van der Waals surface area (Å²) < 4.78 is 5.43. The van der Waals surface area contributed by atoms with Crippen LogP contribution < -0.4 is 16.4 Å². The molecule has 1 fully saturated rings. The fourth-order valence-corrected chi connectivity index (χ4v) is 4.35. The van der Waals surface area contributed by atoms with E-state index < -0.39 is 6.09 Å². The molecule has 0 heterocycles. The average molecular weight is 442 g/mol. The summed E-state index contributed by atoms with van der Waals surface area (Å²) in [6.07, 6.45) is 3.68. The number of carbonyl (C=O) groups is 2. The Bertz CT molecular complexity index is 1190. The molecule has 6 heteroatoms. The normalized spacial score (nSPS) is 16.7. The molecule has 4 N–H and O–H groups in total. The van der Waals surface area contributed by atoms with Gasteiger partial charge in [0, 0.05) is 5.56 Å². The van der Waals surface area contributed by atoms with Crippen molar-refractivity contribution >= 4 is 23.4 Å². The van der Waals surface area contributed by atoms with Crippen LogP contribution in [0.15, 0.2) is 66.7 Å². The van der Waals surface area contributed by atoms with Gasteiger partial charge in [0.15, 0.2) is 0 Å². The van der Waals surface area contributed by atoms with Gasteiger partial charge in [-0.05, 0) is 78.1 Å². The van der Waals surface area contributed by atoms with Crippen molar-refractivity contribution in [2.45, 2.75) is 44.2 Å². The van der Waals surface area contributed by atoms with E-state index in [2.05, 4.69) is 22.8 Å². The quantitative estimate of drug-likeness (QED) is 0.452. The van der Waals surface area contributed by atoms with E-state index in [1.165, 1.54) is 18.4 Å². The Kier molecular flexibility index (Phi) is 5.73. The zero-order valence-corrected chi connectivity index (χ0v) is 18.3. The maximum atomic E-state index is 12.7. The largest absolute Gasteiger partial charge is 0.445 e. The van der Waals surface area contributed by atoms with Crippen LogP contribution in [0.5, 0.6) is 0 Å². The summed E-state index contributed by atoms with van der Waals surface area (Å²) in [6, 6.07) is 20.9. The molecule has 1 atom stereocenters. The van der Waals surface area contributed by atoms with E-state index in [1.807, 2.05) is 36.4 Å². The van der Waals surface area contributed by atoms with Gasteiger partial charge in [-0.3, -0.25) is 4.79 Å². The SMILES string of the molecule is Nc1ccccc1NC(=O)c1ccc2c(c1)CCC2NC(=O)OCc1ccc(C2CC2)cc1. The lowest BCUT2D eigenvalue weighted by atomic mass is 10.0. The zero-order valence-electron chi connectivity index (χ0n) is 18.3. The van der Waals surface area contributed by atoms with Crippen molar-refractivity contribution in [3.8, 4) is 0 Å².